The van der Waals surface area contributed by atoms with Crippen molar-refractivity contribution in [2.45, 2.75) is 39.4 Å². The number of amides is 1. The van der Waals surface area contributed by atoms with Crippen LogP contribution in [-0.4, -0.2) is 56.0 Å². The predicted molar refractivity (Wildman–Crippen MR) is 103 cm³/mol. The Labute approximate surface area is 151 Å². The molecular formula is C19H31N5O. The molecule has 0 aromatic heterocycles. The molecule has 1 aliphatic heterocycles. The second kappa shape index (κ2) is 8.85. The first-order valence-corrected chi connectivity index (χ1v) is 8.96. The van der Waals surface area contributed by atoms with E-state index in [-0.39, 0.29) is 5.91 Å². The van der Waals surface area contributed by atoms with Crippen molar-refractivity contribution in [1.29, 1.82) is 0 Å². The molecule has 1 aromatic rings. The number of rotatable bonds is 5. The van der Waals surface area contributed by atoms with E-state index in [9.17, 15) is 4.79 Å². The Morgan fingerprint density at radius 1 is 1.28 bits per heavy atom. The number of aliphatic imine (C=N–C) groups is 1. The minimum absolute atomic E-state index is 0.0677. The Balaban J connectivity index is 1.87. The molecule has 3 N–H and O–H groups in total. The van der Waals surface area contributed by atoms with Crippen molar-refractivity contribution in [2.75, 3.05) is 27.2 Å². The van der Waals surface area contributed by atoms with Gasteiger partial charge >= 0.3 is 0 Å². The molecule has 0 bridgehead atoms. The van der Waals surface area contributed by atoms with Crippen LogP contribution in [0.3, 0.4) is 0 Å². The lowest BCUT2D eigenvalue weighted by atomic mass is 10.1. The molecule has 138 valence electrons. The van der Waals surface area contributed by atoms with Gasteiger partial charge in [0.25, 0.3) is 5.91 Å². The monoisotopic (exact) mass is 345 g/mol. The van der Waals surface area contributed by atoms with Crippen molar-refractivity contribution in [3.63, 3.8) is 0 Å². The van der Waals surface area contributed by atoms with E-state index >= 15 is 0 Å². The van der Waals surface area contributed by atoms with Crippen LogP contribution in [0.2, 0.25) is 0 Å². The second-order valence-electron chi connectivity index (χ2n) is 6.98. The van der Waals surface area contributed by atoms with Crippen LogP contribution in [0.4, 0.5) is 0 Å². The third-order valence-electron chi connectivity index (χ3n) is 4.82. The molecule has 0 spiro atoms. The van der Waals surface area contributed by atoms with Crippen molar-refractivity contribution < 1.29 is 4.79 Å². The molecule has 1 saturated heterocycles. The van der Waals surface area contributed by atoms with Gasteiger partial charge < -0.3 is 16.0 Å². The van der Waals surface area contributed by atoms with Gasteiger partial charge in [-0.3, -0.25) is 14.7 Å². The molecule has 6 heteroatoms. The third kappa shape index (κ3) is 5.19. The Hall–Kier alpha value is -2.08. The topological polar surface area (TPSA) is 68.8 Å². The number of guanidine groups is 1. The Bertz CT molecular complexity index is 596. The molecule has 1 heterocycles. The molecule has 2 atom stereocenters. The largest absolute Gasteiger partial charge is 0.355 e. The van der Waals surface area contributed by atoms with Crippen LogP contribution >= 0.6 is 0 Å². The van der Waals surface area contributed by atoms with E-state index < -0.39 is 0 Å². The van der Waals surface area contributed by atoms with Crippen LogP contribution in [0.25, 0.3) is 0 Å². The highest BCUT2D eigenvalue weighted by molar-refractivity contribution is 5.93. The SMILES string of the molecule is CN=C(NCc1ccc(C(=O)NC)cc1)NC1CN(C(C)C)CC1C. The third-order valence-corrected chi connectivity index (χ3v) is 4.82. The summed E-state index contributed by atoms with van der Waals surface area (Å²) in [6, 6.07) is 8.58. The molecular weight excluding hydrogens is 314 g/mol. The van der Waals surface area contributed by atoms with Crippen LogP contribution in [0.1, 0.15) is 36.7 Å². The Morgan fingerprint density at radius 3 is 2.48 bits per heavy atom. The van der Waals surface area contributed by atoms with Crippen LogP contribution in [0, 0.1) is 5.92 Å². The summed E-state index contributed by atoms with van der Waals surface area (Å²) in [6.07, 6.45) is 0. The average molecular weight is 345 g/mol. The van der Waals surface area contributed by atoms with Gasteiger partial charge in [0, 0.05) is 51.4 Å². The Kier molecular flexibility index (Phi) is 6.82. The summed E-state index contributed by atoms with van der Waals surface area (Å²) in [6.45, 7) is 9.59. The molecule has 1 aromatic carbocycles. The maximum absolute atomic E-state index is 11.6. The summed E-state index contributed by atoms with van der Waals surface area (Å²) in [5.41, 5.74) is 1.78. The predicted octanol–water partition coefficient (Wildman–Crippen LogP) is 1.44. The number of nitrogens with one attached hydrogen (secondary N) is 3. The molecule has 25 heavy (non-hydrogen) atoms. The number of nitrogens with zero attached hydrogens (tertiary/aromatic N) is 2. The Morgan fingerprint density at radius 2 is 1.96 bits per heavy atom. The van der Waals surface area contributed by atoms with Crippen LogP contribution in [0.15, 0.2) is 29.3 Å². The second-order valence-corrected chi connectivity index (χ2v) is 6.98. The van der Waals surface area contributed by atoms with Gasteiger partial charge in [-0.1, -0.05) is 19.1 Å². The summed E-state index contributed by atoms with van der Waals surface area (Å²) in [4.78, 5) is 18.4. The fraction of sp³-hybridized carbons (Fsp3) is 0.579. The van der Waals surface area contributed by atoms with E-state index in [2.05, 4.69) is 46.6 Å². The lowest BCUT2D eigenvalue weighted by Gasteiger charge is -2.22. The first-order valence-electron chi connectivity index (χ1n) is 8.96. The smallest absolute Gasteiger partial charge is 0.251 e. The summed E-state index contributed by atoms with van der Waals surface area (Å²) >= 11 is 0. The lowest BCUT2D eigenvalue weighted by molar-refractivity contribution is 0.0963. The fourth-order valence-corrected chi connectivity index (χ4v) is 3.09. The van der Waals surface area contributed by atoms with Gasteiger partial charge in [-0.25, -0.2) is 0 Å². The van der Waals surface area contributed by atoms with E-state index in [0.717, 1.165) is 24.6 Å². The summed E-state index contributed by atoms with van der Waals surface area (Å²) in [5.74, 6) is 1.34. The van der Waals surface area contributed by atoms with E-state index in [1.54, 1.807) is 14.1 Å². The minimum atomic E-state index is -0.0677. The number of hydrogen-bond acceptors (Lipinski definition) is 3. The first-order chi connectivity index (χ1) is 11.9. The molecule has 6 nitrogen and oxygen atoms in total. The molecule has 0 radical (unpaired) electrons. The standard InChI is InChI=1S/C19H31N5O/c1-13(2)24-11-14(3)17(12-24)23-19(21-5)22-10-15-6-8-16(9-7-15)18(25)20-4/h6-9,13-14,17H,10-12H2,1-5H3,(H,20,25)(H2,21,22,23). The number of hydrogen-bond donors (Lipinski definition) is 3. The highest BCUT2D eigenvalue weighted by atomic mass is 16.1. The summed E-state index contributed by atoms with van der Waals surface area (Å²) in [5, 5.41) is 9.53. The first kappa shape index (κ1) is 19.2. The lowest BCUT2D eigenvalue weighted by Crippen LogP contribution is -2.46. The van der Waals surface area contributed by atoms with E-state index in [1.165, 1.54) is 0 Å². The molecule has 2 rings (SSSR count). The van der Waals surface area contributed by atoms with Crippen LogP contribution in [0.5, 0.6) is 0 Å². The van der Waals surface area contributed by atoms with Gasteiger partial charge in [0.1, 0.15) is 0 Å². The fourth-order valence-electron chi connectivity index (χ4n) is 3.09. The average Bonchev–Trinajstić information content (AvgIpc) is 2.99. The van der Waals surface area contributed by atoms with Crippen molar-refractivity contribution >= 4 is 11.9 Å². The van der Waals surface area contributed by atoms with Gasteiger partial charge in [-0.05, 0) is 37.5 Å². The van der Waals surface area contributed by atoms with Crippen molar-refractivity contribution in [3.8, 4) is 0 Å². The zero-order valence-electron chi connectivity index (χ0n) is 16.0. The number of benzene rings is 1. The molecule has 2 unspecified atom stereocenters. The van der Waals surface area contributed by atoms with Crippen molar-refractivity contribution in [1.82, 2.24) is 20.9 Å². The van der Waals surface area contributed by atoms with Crippen molar-refractivity contribution in [2.24, 2.45) is 10.9 Å². The molecule has 1 fully saturated rings. The van der Waals surface area contributed by atoms with Gasteiger partial charge in [-0.2, -0.15) is 0 Å². The summed E-state index contributed by atoms with van der Waals surface area (Å²) in [7, 11) is 3.43. The highest BCUT2D eigenvalue weighted by Gasteiger charge is 2.31. The number of carbonyl (C=O) groups is 1. The number of likely N-dealkylation sites (tertiary alicyclic amines) is 1. The van der Waals surface area contributed by atoms with E-state index in [1.807, 2.05) is 24.3 Å². The number of carbonyl (C=O) groups excluding carboxylic acids is 1. The van der Waals surface area contributed by atoms with Gasteiger partial charge in [0.2, 0.25) is 0 Å². The van der Waals surface area contributed by atoms with Gasteiger partial charge in [-0.15, -0.1) is 0 Å². The van der Waals surface area contributed by atoms with Gasteiger partial charge in [0.15, 0.2) is 5.96 Å². The maximum atomic E-state index is 11.6. The zero-order valence-corrected chi connectivity index (χ0v) is 16.0. The normalized spacial score (nSPS) is 21.4. The molecule has 0 saturated carbocycles. The molecule has 0 aliphatic carbocycles. The molecule has 1 aliphatic rings. The highest BCUT2D eigenvalue weighted by Crippen LogP contribution is 2.18. The zero-order chi connectivity index (χ0) is 18.4. The molecule has 1 amide bonds. The van der Waals surface area contributed by atoms with Gasteiger partial charge in [0.05, 0.1) is 0 Å². The maximum Gasteiger partial charge on any atom is 0.251 e. The quantitative estimate of drug-likeness (QED) is 0.558. The van der Waals surface area contributed by atoms with Crippen molar-refractivity contribution in [3.05, 3.63) is 35.4 Å². The van der Waals surface area contributed by atoms with Crippen LogP contribution in [-0.2, 0) is 6.54 Å². The summed E-state index contributed by atoms with van der Waals surface area (Å²) < 4.78 is 0. The van der Waals surface area contributed by atoms with Crippen LogP contribution < -0.4 is 16.0 Å². The van der Waals surface area contributed by atoms with E-state index in [4.69, 9.17) is 0 Å². The van der Waals surface area contributed by atoms with E-state index in [0.29, 0.717) is 30.1 Å². The minimum Gasteiger partial charge on any atom is -0.355 e.